The van der Waals surface area contributed by atoms with Crippen LogP contribution in [0.4, 0.5) is 18.9 Å². The van der Waals surface area contributed by atoms with E-state index in [4.69, 9.17) is 10.5 Å². The van der Waals surface area contributed by atoms with Gasteiger partial charge in [-0.05, 0) is 18.1 Å². The normalized spacial score (nSPS) is 11.6. The number of nitrogens with two attached hydrogens (primary N) is 1. The average molecular weight is 304 g/mol. The molecule has 1 aromatic rings. The van der Waals surface area contributed by atoms with Crippen molar-refractivity contribution in [3.8, 4) is 5.75 Å². The van der Waals surface area contributed by atoms with Crippen LogP contribution < -0.4 is 10.5 Å². The van der Waals surface area contributed by atoms with Crippen LogP contribution in [-0.2, 0) is 0 Å². The molecule has 0 aliphatic heterocycles. The minimum absolute atomic E-state index is 0.00497. The van der Waals surface area contributed by atoms with E-state index < -0.39 is 18.6 Å². The number of nitrogen functional groups attached to an aromatic ring is 1. The van der Waals surface area contributed by atoms with Crippen molar-refractivity contribution in [1.82, 2.24) is 4.90 Å². The third kappa shape index (κ3) is 4.84. The van der Waals surface area contributed by atoms with Crippen LogP contribution in [0, 0.1) is 5.92 Å². The van der Waals surface area contributed by atoms with Crippen molar-refractivity contribution >= 4 is 11.6 Å². The largest absolute Gasteiger partial charge is 0.495 e. The van der Waals surface area contributed by atoms with Crippen LogP contribution in [0.2, 0.25) is 0 Å². The second-order valence-corrected chi connectivity index (χ2v) is 5.12. The van der Waals surface area contributed by atoms with Gasteiger partial charge in [0.2, 0.25) is 0 Å². The van der Waals surface area contributed by atoms with Crippen molar-refractivity contribution in [1.29, 1.82) is 0 Å². The maximum atomic E-state index is 12.6. The molecule has 0 radical (unpaired) electrons. The SMILES string of the molecule is COc1cccc(C(=O)N(CC(C)C)CC(F)(F)F)c1N. The quantitative estimate of drug-likeness (QED) is 0.851. The fraction of sp³-hybridized carbons (Fsp3) is 0.500. The number of benzene rings is 1. The number of carbonyl (C=O) groups excluding carboxylic acids is 1. The fourth-order valence-corrected chi connectivity index (χ4v) is 1.96. The van der Waals surface area contributed by atoms with Crippen molar-refractivity contribution in [3.63, 3.8) is 0 Å². The van der Waals surface area contributed by atoms with E-state index in [2.05, 4.69) is 0 Å². The lowest BCUT2D eigenvalue weighted by Gasteiger charge is -2.26. The highest BCUT2D eigenvalue weighted by atomic mass is 19.4. The number of amides is 1. The maximum absolute atomic E-state index is 12.6. The molecule has 0 aliphatic rings. The van der Waals surface area contributed by atoms with Gasteiger partial charge in [-0.1, -0.05) is 19.9 Å². The number of ether oxygens (including phenoxy) is 1. The number of halogens is 3. The standard InChI is InChI=1S/C14H19F3N2O2/c1-9(2)7-19(8-14(15,16)17)13(20)10-5-4-6-11(21-3)12(10)18/h4-6,9H,7-8,18H2,1-3H3. The Kier molecular flexibility index (Phi) is 5.46. The lowest BCUT2D eigenvalue weighted by molar-refractivity contribution is -0.141. The first-order chi connectivity index (χ1) is 9.65. The van der Waals surface area contributed by atoms with E-state index in [1.807, 2.05) is 0 Å². The Bertz CT molecular complexity index is 501. The summed E-state index contributed by atoms with van der Waals surface area (Å²) in [5.41, 5.74) is 5.83. The molecule has 1 rings (SSSR count). The highest BCUT2D eigenvalue weighted by molar-refractivity contribution is 6.00. The van der Waals surface area contributed by atoms with Gasteiger partial charge in [0, 0.05) is 6.54 Å². The van der Waals surface area contributed by atoms with Gasteiger partial charge in [-0.3, -0.25) is 4.79 Å². The van der Waals surface area contributed by atoms with E-state index in [-0.39, 0.29) is 29.5 Å². The zero-order valence-electron chi connectivity index (χ0n) is 12.2. The van der Waals surface area contributed by atoms with Crippen LogP contribution in [0.3, 0.4) is 0 Å². The second kappa shape index (κ2) is 6.69. The third-order valence-electron chi connectivity index (χ3n) is 2.76. The summed E-state index contributed by atoms with van der Waals surface area (Å²) < 4.78 is 42.9. The lowest BCUT2D eigenvalue weighted by Crippen LogP contribution is -2.41. The molecule has 0 heterocycles. The molecule has 0 fully saturated rings. The van der Waals surface area contributed by atoms with Gasteiger partial charge < -0.3 is 15.4 Å². The van der Waals surface area contributed by atoms with Gasteiger partial charge in [-0.2, -0.15) is 13.2 Å². The Morgan fingerprint density at radius 3 is 2.48 bits per heavy atom. The Morgan fingerprint density at radius 2 is 2.00 bits per heavy atom. The van der Waals surface area contributed by atoms with Crippen molar-refractivity contribution in [3.05, 3.63) is 23.8 Å². The monoisotopic (exact) mass is 304 g/mol. The molecular weight excluding hydrogens is 285 g/mol. The zero-order chi connectivity index (χ0) is 16.2. The zero-order valence-corrected chi connectivity index (χ0v) is 12.2. The van der Waals surface area contributed by atoms with E-state index >= 15 is 0 Å². The highest BCUT2D eigenvalue weighted by Gasteiger charge is 2.34. The summed E-state index contributed by atoms with van der Waals surface area (Å²) in [7, 11) is 1.38. The van der Waals surface area contributed by atoms with Crippen LogP contribution in [0.5, 0.6) is 5.75 Å². The van der Waals surface area contributed by atoms with E-state index in [0.717, 1.165) is 4.90 Å². The second-order valence-electron chi connectivity index (χ2n) is 5.12. The number of methoxy groups -OCH3 is 1. The number of para-hydroxylation sites is 1. The summed E-state index contributed by atoms with van der Waals surface area (Å²) in [4.78, 5) is 13.1. The molecule has 2 N–H and O–H groups in total. The Balaban J connectivity index is 3.10. The van der Waals surface area contributed by atoms with Crippen LogP contribution in [0.25, 0.3) is 0 Å². The molecule has 0 saturated carbocycles. The molecule has 0 bridgehead atoms. The van der Waals surface area contributed by atoms with Gasteiger partial charge in [-0.25, -0.2) is 0 Å². The topological polar surface area (TPSA) is 55.6 Å². The molecule has 4 nitrogen and oxygen atoms in total. The molecule has 1 aromatic carbocycles. The predicted octanol–water partition coefficient (Wildman–Crippen LogP) is 2.94. The van der Waals surface area contributed by atoms with Crippen LogP contribution >= 0.6 is 0 Å². The first-order valence-corrected chi connectivity index (χ1v) is 6.44. The summed E-state index contributed by atoms with van der Waals surface area (Å²) in [5, 5.41) is 0. The van der Waals surface area contributed by atoms with Crippen molar-refractivity contribution in [2.75, 3.05) is 25.9 Å². The van der Waals surface area contributed by atoms with E-state index in [9.17, 15) is 18.0 Å². The van der Waals surface area contributed by atoms with Crippen molar-refractivity contribution in [2.24, 2.45) is 5.92 Å². The van der Waals surface area contributed by atoms with Crippen LogP contribution in [-0.4, -0.2) is 37.2 Å². The van der Waals surface area contributed by atoms with Gasteiger partial charge >= 0.3 is 6.18 Å². The fourth-order valence-electron chi connectivity index (χ4n) is 1.96. The number of nitrogens with zero attached hydrogens (tertiary/aromatic N) is 1. The van der Waals surface area contributed by atoms with Gasteiger partial charge in [0.1, 0.15) is 12.3 Å². The summed E-state index contributed by atoms with van der Waals surface area (Å²) in [5.74, 6) is -0.585. The van der Waals surface area contributed by atoms with Crippen LogP contribution in [0.15, 0.2) is 18.2 Å². The maximum Gasteiger partial charge on any atom is 0.406 e. The molecule has 118 valence electrons. The molecule has 0 aliphatic carbocycles. The molecule has 21 heavy (non-hydrogen) atoms. The van der Waals surface area contributed by atoms with E-state index in [0.29, 0.717) is 0 Å². The molecule has 0 saturated heterocycles. The number of hydrogen-bond donors (Lipinski definition) is 1. The summed E-state index contributed by atoms with van der Waals surface area (Å²) >= 11 is 0. The Hall–Kier alpha value is -1.92. The van der Waals surface area contributed by atoms with Gasteiger partial charge in [0.05, 0.1) is 18.4 Å². The van der Waals surface area contributed by atoms with Crippen LogP contribution in [0.1, 0.15) is 24.2 Å². The lowest BCUT2D eigenvalue weighted by atomic mass is 10.1. The highest BCUT2D eigenvalue weighted by Crippen LogP contribution is 2.27. The Labute approximate surface area is 121 Å². The summed E-state index contributed by atoms with van der Waals surface area (Å²) in [6, 6.07) is 4.45. The number of alkyl halides is 3. The minimum Gasteiger partial charge on any atom is -0.495 e. The first kappa shape index (κ1) is 17.1. The molecule has 7 heteroatoms. The number of rotatable bonds is 5. The van der Waals surface area contributed by atoms with Crippen molar-refractivity contribution < 1.29 is 22.7 Å². The molecular formula is C14H19F3N2O2. The van der Waals surface area contributed by atoms with E-state index in [1.165, 1.54) is 19.2 Å². The predicted molar refractivity (Wildman–Crippen MR) is 74.2 cm³/mol. The average Bonchev–Trinajstić information content (AvgIpc) is 2.35. The summed E-state index contributed by atoms with van der Waals surface area (Å²) in [6.45, 7) is 2.17. The molecule has 0 aromatic heterocycles. The minimum atomic E-state index is -4.46. The number of anilines is 1. The molecule has 1 amide bonds. The third-order valence-corrected chi connectivity index (χ3v) is 2.76. The molecule has 0 spiro atoms. The number of carbonyl (C=O) groups is 1. The Morgan fingerprint density at radius 1 is 1.38 bits per heavy atom. The van der Waals surface area contributed by atoms with Gasteiger partial charge in [0.25, 0.3) is 5.91 Å². The first-order valence-electron chi connectivity index (χ1n) is 6.44. The van der Waals surface area contributed by atoms with E-state index in [1.54, 1.807) is 19.9 Å². The molecule has 0 unspecified atom stereocenters. The van der Waals surface area contributed by atoms with Crippen molar-refractivity contribution in [2.45, 2.75) is 20.0 Å². The van der Waals surface area contributed by atoms with Gasteiger partial charge in [0.15, 0.2) is 0 Å². The molecule has 0 atom stereocenters. The smallest absolute Gasteiger partial charge is 0.406 e. The van der Waals surface area contributed by atoms with Gasteiger partial charge in [-0.15, -0.1) is 0 Å². The number of hydrogen-bond acceptors (Lipinski definition) is 3. The summed E-state index contributed by atoms with van der Waals surface area (Å²) in [6.07, 6.45) is -4.46.